The summed E-state index contributed by atoms with van der Waals surface area (Å²) in [5.41, 5.74) is 5.81. The molecular weight excluding hydrogens is 482 g/mol. The standard InChI is InChI=1S/C30H23N3O3S/c1-20-17-23(18-28-29(34)33(30(35)37-28)24-10-5-4-6-11-24)21(2)32(20)25-13-15-26(16-14-25)36-19-22-9-7-8-12-27(22)31-3/h4-18H,19H2,1-2H3. The minimum absolute atomic E-state index is 0.300. The largest absolute Gasteiger partial charge is 0.490 e. The fourth-order valence-electron chi connectivity index (χ4n) is 4.33. The molecule has 2 heterocycles. The molecular formula is C30H23N3O3S. The number of thioether (sulfide) groups is 1. The molecule has 1 aliphatic rings. The summed E-state index contributed by atoms with van der Waals surface area (Å²) in [6, 6.07) is 26.1. The van der Waals surface area contributed by atoms with Gasteiger partial charge in [0.15, 0.2) is 5.69 Å². The van der Waals surface area contributed by atoms with Crippen molar-refractivity contribution in [3.63, 3.8) is 0 Å². The number of anilines is 1. The number of rotatable bonds is 6. The highest BCUT2D eigenvalue weighted by molar-refractivity contribution is 8.19. The predicted octanol–water partition coefficient (Wildman–Crippen LogP) is 7.46. The molecule has 1 aromatic heterocycles. The van der Waals surface area contributed by atoms with Gasteiger partial charge >= 0.3 is 0 Å². The maximum absolute atomic E-state index is 13.0. The van der Waals surface area contributed by atoms with Crippen LogP contribution in [-0.2, 0) is 11.4 Å². The van der Waals surface area contributed by atoms with E-state index < -0.39 is 0 Å². The molecule has 1 fully saturated rings. The normalized spacial score (nSPS) is 14.3. The van der Waals surface area contributed by atoms with E-state index in [0.717, 1.165) is 40.0 Å². The summed E-state index contributed by atoms with van der Waals surface area (Å²) in [7, 11) is 0. The van der Waals surface area contributed by atoms with Crippen LogP contribution in [0.25, 0.3) is 16.6 Å². The van der Waals surface area contributed by atoms with Crippen LogP contribution < -0.4 is 9.64 Å². The van der Waals surface area contributed by atoms with Crippen LogP contribution in [0.3, 0.4) is 0 Å². The van der Waals surface area contributed by atoms with Crippen LogP contribution in [0.2, 0.25) is 0 Å². The van der Waals surface area contributed by atoms with E-state index >= 15 is 0 Å². The van der Waals surface area contributed by atoms with E-state index in [1.54, 1.807) is 36.4 Å². The average molecular weight is 506 g/mol. The fraction of sp³-hybridized carbons (Fsp3) is 0.100. The van der Waals surface area contributed by atoms with Gasteiger partial charge in [-0.05, 0) is 85.3 Å². The summed E-state index contributed by atoms with van der Waals surface area (Å²) in [5.74, 6) is 0.396. The molecule has 3 aromatic carbocycles. The Morgan fingerprint density at radius 1 is 0.919 bits per heavy atom. The zero-order chi connectivity index (χ0) is 25.9. The van der Waals surface area contributed by atoms with E-state index in [0.29, 0.717) is 28.6 Å². The maximum atomic E-state index is 13.0. The molecule has 5 rings (SSSR count). The van der Waals surface area contributed by atoms with Crippen LogP contribution >= 0.6 is 11.8 Å². The Morgan fingerprint density at radius 3 is 2.35 bits per heavy atom. The van der Waals surface area contributed by atoms with Crippen molar-refractivity contribution in [2.45, 2.75) is 20.5 Å². The number of carbonyl (C=O) groups excluding carboxylic acids is 2. The first kappa shape index (κ1) is 24.2. The third kappa shape index (κ3) is 4.80. The molecule has 0 unspecified atom stereocenters. The minimum atomic E-state index is -0.313. The van der Waals surface area contributed by atoms with Crippen molar-refractivity contribution in [3.8, 4) is 11.4 Å². The number of nitrogens with zero attached hydrogens (tertiary/aromatic N) is 3. The number of hydrogen-bond acceptors (Lipinski definition) is 4. The number of imide groups is 1. The smallest absolute Gasteiger partial charge is 0.298 e. The first-order valence-corrected chi connectivity index (χ1v) is 12.5. The molecule has 0 N–H and O–H groups in total. The Kier molecular flexibility index (Phi) is 6.67. The van der Waals surface area contributed by atoms with Gasteiger partial charge < -0.3 is 9.30 Å². The third-order valence-electron chi connectivity index (χ3n) is 6.17. The molecule has 1 aliphatic heterocycles. The van der Waals surface area contributed by atoms with Crippen molar-refractivity contribution >= 4 is 40.4 Å². The summed E-state index contributed by atoms with van der Waals surface area (Å²) in [5, 5.41) is -0.300. The van der Waals surface area contributed by atoms with Crippen LogP contribution in [0.15, 0.2) is 89.8 Å². The van der Waals surface area contributed by atoms with Crippen molar-refractivity contribution in [1.29, 1.82) is 0 Å². The molecule has 0 radical (unpaired) electrons. The Balaban J connectivity index is 1.35. The molecule has 37 heavy (non-hydrogen) atoms. The Hall–Kier alpha value is -4.54. The highest BCUT2D eigenvalue weighted by atomic mass is 32.2. The first-order chi connectivity index (χ1) is 18.0. The van der Waals surface area contributed by atoms with Crippen molar-refractivity contribution in [1.82, 2.24) is 4.57 Å². The third-order valence-corrected chi connectivity index (χ3v) is 7.04. The summed E-state index contributed by atoms with van der Waals surface area (Å²) in [6.45, 7) is 11.6. The second-order valence-corrected chi connectivity index (χ2v) is 9.53. The van der Waals surface area contributed by atoms with Gasteiger partial charge in [-0.1, -0.05) is 42.5 Å². The lowest BCUT2D eigenvalue weighted by Gasteiger charge is -2.12. The molecule has 0 bridgehead atoms. The van der Waals surface area contributed by atoms with Gasteiger partial charge in [-0.3, -0.25) is 9.59 Å². The van der Waals surface area contributed by atoms with Crippen molar-refractivity contribution in [3.05, 3.63) is 124 Å². The summed E-state index contributed by atoms with van der Waals surface area (Å²) in [6.07, 6.45) is 1.79. The van der Waals surface area contributed by atoms with E-state index in [-0.39, 0.29) is 11.1 Å². The lowest BCUT2D eigenvalue weighted by molar-refractivity contribution is -0.113. The number of hydrogen-bond donors (Lipinski definition) is 0. The summed E-state index contributed by atoms with van der Waals surface area (Å²) < 4.78 is 8.01. The number of ether oxygens (including phenoxy) is 1. The van der Waals surface area contributed by atoms with Gasteiger partial charge in [-0.2, -0.15) is 0 Å². The molecule has 0 saturated carbocycles. The predicted molar refractivity (Wildman–Crippen MR) is 147 cm³/mol. The molecule has 4 aromatic rings. The molecule has 0 spiro atoms. The van der Waals surface area contributed by atoms with Crippen LogP contribution in [0, 0.1) is 20.4 Å². The van der Waals surface area contributed by atoms with Gasteiger partial charge in [0.25, 0.3) is 11.1 Å². The fourth-order valence-corrected chi connectivity index (χ4v) is 5.17. The lowest BCUT2D eigenvalue weighted by atomic mass is 10.2. The Morgan fingerprint density at radius 2 is 1.62 bits per heavy atom. The number of para-hydroxylation sites is 2. The zero-order valence-corrected chi connectivity index (χ0v) is 21.2. The second kappa shape index (κ2) is 10.2. The quantitative estimate of drug-likeness (QED) is 0.202. The second-order valence-electron chi connectivity index (χ2n) is 8.54. The van der Waals surface area contributed by atoms with Gasteiger partial charge in [0.05, 0.1) is 17.2 Å². The van der Waals surface area contributed by atoms with Gasteiger partial charge in [-0.15, -0.1) is 0 Å². The number of amides is 2. The monoisotopic (exact) mass is 505 g/mol. The lowest BCUT2D eigenvalue weighted by Crippen LogP contribution is -2.27. The highest BCUT2D eigenvalue weighted by Gasteiger charge is 2.36. The Labute approximate surface area is 219 Å². The van der Waals surface area contributed by atoms with Gasteiger partial charge in [0.2, 0.25) is 0 Å². The number of aromatic nitrogens is 1. The minimum Gasteiger partial charge on any atom is -0.490 e. The maximum Gasteiger partial charge on any atom is 0.298 e. The van der Waals surface area contributed by atoms with Crippen molar-refractivity contribution < 1.29 is 14.3 Å². The molecule has 0 aliphatic carbocycles. The average Bonchev–Trinajstić information content (AvgIpc) is 3.36. The topological polar surface area (TPSA) is 55.9 Å². The molecule has 6 nitrogen and oxygen atoms in total. The van der Waals surface area contributed by atoms with E-state index in [4.69, 9.17) is 11.3 Å². The molecule has 0 atom stereocenters. The Bertz CT molecular complexity index is 1560. The van der Waals surface area contributed by atoms with Crippen molar-refractivity contribution in [2.75, 3.05) is 4.90 Å². The highest BCUT2D eigenvalue weighted by Crippen LogP contribution is 2.36. The van der Waals surface area contributed by atoms with Gasteiger partial charge in [0, 0.05) is 17.1 Å². The molecule has 182 valence electrons. The van der Waals surface area contributed by atoms with Crippen LogP contribution in [0.1, 0.15) is 22.5 Å². The SMILES string of the molecule is [C-]#[N+]c1ccccc1COc1ccc(-n2c(C)cc(C=C3SC(=O)N(c4ccccc4)C3=O)c2C)cc1. The van der Waals surface area contributed by atoms with E-state index in [1.807, 2.05) is 68.4 Å². The van der Waals surface area contributed by atoms with Gasteiger partial charge in [0.1, 0.15) is 12.4 Å². The van der Waals surface area contributed by atoms with E-state index in [2.05, 4.69) is 9.41 Å². The first-order valence-electron chi connectivity index (χ1n) is 11.7. The van der Waals surface area contributed by atoms with E-state index in [1.165, 1.54) is 4.90 Å². The molecule has 1 saturated heterocycles. The number of aryl methyl sites for hydroxylation is 1. The number of benzene rings is 3. The zero-order valence-electron chi connectivity index (χ0n) is 20.3. The summed E-state index contributed by atoms with van der Waals surface area (Å²) in [4.78, 5) is 30.7. The van der Waals surface area contributed by atoms with Crippen molar-refractivity contribution in [2.24, 2.45) is 0 Å². The van der Waals surface area contributed by atoms with Crippen LogP contribution in [0.5, 0.6) is 5.75 Å². The van der Waals surface area contributed by atoms with Gasteiger partial charge in [-0.25, -0.2) is 9.74 Å². The number of carbonyl (C=O) groups is 2. The van der Waals surface area contributed by atoms with E-state index in [9.17, 15) is 9.59 Å². The summed E-state index contributed by atoms with van der Waals surface area (Å²) >= 11 is 0.954. The van der Waals surface area contributed by atoms with Crippen LogP contribution in [0.4, 0.5) is 16.2 Å². The van der Waals surface area contributed by atoms with Crippen LogP contribution in [-0.4, -0.2) is 15.7 Å². The molecule has 2 amide bonds. The molecule has 7 heteroatoms.